The minimum absolute atomic E-state index is 0.0755. The SMILES string of the molecule is O=C(O)c1occ2c(Oc3ccccc3)cccc12. The van der Waals surface area contributed by atoms with E-state index in [9.17, 15) is 4.79 Å². The number of ether oxygens (including phenoxy) is 1. The molecule has 0 aliphatic heterocycles. The summed E-state index contributed by atoms with van der Waals surface area (Å²) in [7, 11) is 0. The Kier molecular flexibility index (Phi) is 2.68. The first-order valence-corrected chi connectivity index (χ1v) is 5.72. The second-order valence-corrected chi connectivity index (χ2v) is 4.00. The van der Waals surface area contributed by atoms with Crippen LogP contribution < -0.4 is 4.74 Å². The van der Waals surface area contributed by atoms with E-state index in [1.807, 2.05) is 30.3 Å². The third-order valence-corrected chi connectivity index (χ3v) is 2.77. The van der Waals surface area contributed by atoms with Crippen molar-refractivity contribution in [2.24, 2.45) is 0 Å². The molecule has 4 nitrogen and oxygen atoms in total. The highest BCUT2D eigenvalue weighted by Gasteiger charge is 2.15. The molecule has 3 rings (SSSR count). The van der Waals surface area contributed by atoms with Gasteiger partial charge in [-0.25, -0.2) is 4.79 Å². The zero-order chi connectivity index (χ0) is 13.2. The molecule has 0 fully saturated rings. The molecule has 0 bridgehead atoms. The van der Waals surface area contributed by atoms with Crippen LogP contribution in [0.1, 0.15) is 10.6 Å². The number of aromatic carboxylic acids is 1. The fraction of sp³-hybridized carbons (Fsp3) is 0. The molecule has 1 heterocycles. The molecule has 2 aromatic carbocycles. The normalized spacial score (nSPS) is 10.5. The van der Waals surface area contributed by atoms with Crippen molar-refractivity contribution in [1.82, 2.24) is 0 Å². The quantitative estimate of drug-likeness (QED) is 0.769. The molecule has 0 radical (unpaired) electrons. The summed E-state index contributed by atoms with van der Waals surface area (Å²) in [5.74, 6) is 0.0911. The standard InChI is InChI=1S/C15H10O4/c16-15(17)14-11-7-4-8-13(12(11)9-18-14)19-10-5-2-1-3-6-10/h1-9H,(H,16,17). The van der Waals surface area contributed by atoms with Gasteiger partial charge in [0, 0.05) is 5.39 Å². The van der Waals surface area contributed by atoms with Gasteiger partial charge < -0.3 is 14.3 Å². The van der Waals surface area contributed by atoms with E-state index in [1.54, 1.807) is 18.2 Å². The van der Waals surface area contributed by atoms with Crippen molar-refractivity contribution >= 4 is 16.7 Å². The summed E-state index contributed by atoms with van der Waals surface area (Å²) in [5, 5.41) is 10.2. The molecule has 19 heavy (non-hydrogen) atoms. The Morgan fingerprint density at radius 2 is 1.79 bits per heavy atom. The Balaban J connectivity index is 2.07. The molecule has 0 atom stereocenters. The lowest BCUT2D eigenvalue weighted by Crippen LogP contribution is -1.93. The van der Waals surface area contributed by atoms with Crippen LogP contribution in [0.4, 0.5) is 0 Å². The number of fused-ring (bicyclic) bond motifs is 1. The molecule has 3 aromatic rings. The Hall–Kier alpha value is -2.75. The minimum atomic E-state index is -1.09. The molecule has 94 valence electrons. The van der Waals surface area contributed by atoms with Crippen molar-refractivity contribution < 1.29 is 19.1 Å². The number of carbonyl (C=O) groups is 1. The molecular weight excluding hydrogens is 244 g/mol. The van der Waals surface area contributed by atoms with Crippen molar-refractivity contribution in [3.63, 3.8) is 0 Å². The predicted molar refractivity (Wildman–Crippen MR) is 69.7 cm³/mol. The van der Waals surface area contributed by atoms with Gasteiger partial charge in [-0.05, 0) is 24.3 Å². The summed E-state index contributed by atoms with van der Waals surface area (Å²) in [6.45, 7) is 0. The third-order valence-electron chi connectivity index (χ3n) is 2.77. The third kappa shape index (κ3) is 2.04. The predicted octanol–water partition coefficient (Wildman–Crippen LogP) is 3.92. The van der Waals surface area contributed by atoms with Crippen LogP contribution in [0.15, 0.2) is 59.2 Å². The van der Waals surface area contributed by atoms with Gasteiger partial charge in [-0.15, -0.1) is 0 Å². The Bertz CT molecular complexity index is 728. The zero-order valence-electron chi connectivity index (χ0n) is 9.87. The maximum atomic E-state index is 11.0. The second kappa shape index (κ2) is 4.49. The van der Waals surface area contributed by atoms with Gasteiger partial charge >= 0.3 is 5.97 Å². The number of hydrogen-bond donors (Lipinski definition) is 1. The van der Waals surface area contributed by atoms with Crippen LogP contribution in [0.2, 0.25) is 0 Å². The number of benzene rings is 2. The van der Waals surface area contributed by atoms with E-state index in [0.717, 1.165) is 0 Å². The van der Waals surface area contributed by atoms with Gasteiger partial charge in [0.25, 0.3) is 0 Å². The van der Waals surface area contributed by atoms with Crippen LogP contribution in [-0.2, 0) is 0 Å². The molecule has 0 unspecified atom stereocenters. The van der Waals surface area contributed by atoms with Crippen LogP contribution in [0.25, 0.3) is 10.8 Å². The number of carboxylic acids is 1. The summed E-state index contributed by atoms with van der Waals surface area (Å²) >= 11 is 0. The van der Waals surface area contributed by atoms with Gasteiger partial charge in [-0.1, -0.05) is 24.3 Å². The van der Waals surface area contributed by atoms with Crippen LogP contribution in [0.3, 0.4) is 0 Å². The van der Waals surface area contributed by atoms with Crippen LogP contribution >= 0.6 is 0 Å². The Morgan fingerprint density at radius 1 is 1.00 bits per heavy atom. The van der Waals surface area contributed by atoms with Gasteiger partial charge in [0.2, 0.25) is 5.76 Å². The van der Waals surface area contributed by atoms with Crippen molar-refractivity contribution in [3.8, 4) is 11.5 Å². The smallest absolute Gasteiger partial charge is 0.372 e. The number of rotatable bonds is 3. The summed E-state index contributed by atoms with van der Waals surface area (Å²) in [4.78, 5) is 11.0. The molecule has 0 spiro atoms. The van der Waals surface area contributed by atoms with Gasteiger partial charge in [-0.3, -0.25) is 0 Å². The number of hydrogen-bond acceptors (Lipinski definition) is 3. The largest absolute Gasteiger partial charge is 0.475 e. The number of furan rings is 1. The van der Waals surface area contributed by atoms with Gasteiger partial charge in [0.15, 0.2) is 0 Å². The highest BCUT2D eigenvalue weighted by Crippen LogP contribution is 2.32. The van der Waals surface area contributed by atoms with Crippen LogP contribution in [0.5, 0.6) is 11.5 Å². The number of carboxylic acid groups (broad SMARTS) is 1. The van der Waals surface area contributed by atoms with Gasteiger partial charge in [0.1, 0.15) is 17.8 Å². The monoisotopic (exact) mass is 254 g/mol. The molecule has 0 aliphatic rings. The lowest BCUT2D eigenvalue weighted by atomic mass is 10.1. The maximum absolute atomic E-state index is 11.0. The molecular formula is C15H10O4. The summed E-state index contributed by atoms with van der Waals surface area (Å²) in [6, 6.07) is 14.5. The first-order chi connectivity index (χ1) is 9.25. The summed E-state index contributed by atoms with van der Waals surface area (Å²) in [5.41, 5.74) is 0. The molecule has 4 heteroatoms. The van der Waals surface area contributed by atoms with E-state index in [4.69, 9.17) is 14.3 Å². The lowest BCUT2D eigenvalue weighted by molar-refractivity contribution is 0.0665. The van der Waals surface area contributed by atoms with E-state index in [-0.39, 0.29) is 5.76 Å². The summed E-state index contributed by atoms with van der Waals surface area (Å²) < 4.78 is 10.8. The minimum Gasteiger partial charge on any atom is -0.475 e. The Labute approximate surface area is 108 Å². The molecule has 1 N–H and O–H groups in total. The second-order valence-electron chi connectivity index (χ2n) is 4.00. The molecule has 1 aromatic heterocycles. The molecule has 0 saturated carbocycles. The highest BCUT2D eigenvalue weighted by atomic mass is 16.5. The van der Waals surface area contributed by atoms with E-state index in [0.29, 0.717) is 22.3 Å². The molecule has 0 aliphatic carbocycles. The fourth-order valence-electron chi connectivity index (χ4n) is 1.92. The maximum Gasteiger partial charge on any atom is 0.372 e. The van der Waals surface area contributed by atoms with Crippen molar-refractivity contribution in [2.45, 2.75) is 0 Å². The van der Waals surface area contributed by atoms with Crippen molar-refractivity contribution in [3.05, 3.63) is 60.6 Å². The Morgan fingerprint density at radius 3 is 2.53 bits per heavy atom. The number of para-hydroxylation sites is 1. The van der Waals surface area contributed by atoms with Gasteiger partial charge in [-0.2, -0.15) is 0 Å². The first kappa shape index (κ1) is 11.3. The van der Waals surface area contributed by atoms with E-state index in [2.05, 4.69) is 0 Å². The first-order valence-electron chi connectivity index (χ1n) is 5.72. The van der Waals surface area contributed by atoms with E-state index < -0.39 is 5.97 Å². The topological polar surface area (TPSA) is 59.7 Å². The van der Waals surface area contributed by atoms with Gasteiger partial charge in [0.05, 0.1) is 5.39 Å². The van der Waals surface area contributed by atoms with Crippen LogP contribution in [0, 0.1) is 0 Å². The van der Waals surface area contributed by atoms with E-state index in [1.165, 1.54) is 6.26 Å². The zero-order valence-corrected chi connectivity index (χ0v) is 9.87. The van der Waals surface area contributed by atoms with Crippen molar-refractivity contribution in [2.75, 3.05) is 0 Å². The average Bonchev–Trinajstić information content (AvgIpc) is 2.85. The fourth-order valence-corrected chi connectivity index (χ4v) is 1.92. The highest BCUT2D eigenvalue weighted by molar-refractivity contribution is 6.03. The lowest BCUT2D eigenvalue weighted by Gasteiger charge is -2.05. The van der Waals surface area contributed by atoms with Crippen LogP contribution in [-0.4, -0.2) is 11.1 Å². The van der Waals surface area contributed by atoms with E-state index >= 15 is 0 Å². The summed E-state index contributed by atoms with van der Waals surface area (Å²) in [6.07, 6.45) is 1.40. The molecule has 0 saturated heterocycles. The molecule has 0 amide bonds. The average molecular weight is 254 g/mol. The van der Waals surface area contributed by atoms with Crippen molar-refractivity contribution in [1.29, 1.82) is 0 Å².